The molecule has 2 amide bonds. The average Bonchev–Trinajstić information content (AvgIpc) is 3.04. The fourth-order valence-electron chi connectivity index (χ4n) is 2.21. The van der Waals surface area contributed by atoms with E-state index in [0.717, 1.165) is 17.7 Å². The Labute approximate surface area is 147 Å². The highest BCUT2D eigenvalue weighted by Gasteiger charge is 2.19. The van der Waals surface area contributed by atoms with E-state index in [4.69, 9.17) is 4.52 Å². The molecular formula is C18H24N4O3. The topological polar surface area (TPSA) is 87.5 Å². The molecular weight excluding hydrogens is 320 g/mol. The van der Waals surface area contributed by atoms with Crippen molar-refractivity contribution in [3.05, 3.63) is 41.6 Å². The number of rotatable bonds is 7. The first-order valence-electron chi connectivity index (χ1n) is 8.14. The van der Waals surface area contributed by atoms with Crippen molar-refractivity contribution < 1.29 is 14.1 Å². The maximum absolute atomic E-state index is 12.2. The van der Waals surface area contributed by atoms with Gasteiger partial charge in [0.1, 0.15) is 6.04 Å². The summed E-state index contributed by atoms with van der Waals surface area (Å²) in [5, 5.41) is 9.19. The number of carbonyl (C=O) groups excluding carboxylic acids is 2. The van der Waals surface area contributed by atoms with E-state index < -0.39 is 11.9 Å². The lowest BCUT2D eigenvalue weighted by molar-refractivity contribution is -0.122. The van der Waals surface area contributed by atoms with Crippen LogP contribution in [0.4, 0.5) is 0 Å². The first-order valence-corrected chi connectivity index (χ1v) is 8.14. The minimum absolute atomic E-state index is 0.143. The monoisotopic (exact) mass is 344 g/mol. The van der Waals surface area contributed by atoms with Crippen molar-refractivity contribution in [1.82, 2.24) is 20.7 Å². The largest absolute Gasteiger partial charge is 0.355 e. The molecule has 7 nitrogen and oxygen atoms in total. The van der Waals surface area contributed by atoms with Gasteiger partial charge in [-0.15, -0.1) is 0 Å². The van der Waals surface area contributed by atoms with Crippen LogP contribution in [-0.2, 0) is 4.79 Å². The summed E-state index contributed by atoms with van der Waals surface area (Å²) in [6.07, 6.45) is 0. The number of benzene rings is 1. The lowest BCUT2D eigenvalue weighted by Gasteiger charge is -2.15. The second-order valence-electron chi connectivity index (χ2n) is 6.24. The summed E-state index contributed by atoms with van der Waals surface area (Å²) in [5.74, 6) is -0.174. The smallest absolute Gasteiger partial charge is 0.274 e. The molecule has 0 saturated carbocycles. The van der Waals surface area contributed by atoms with Crippen LogP contribution in [0.3, 0.4) is 0 Å². The molecule has 2 N–H and O–H groups in total. The molecule has 0 bridgehead atoms. The van der Waals surface area contributed by atoms with Crippen LogP contribution in [-0.4, -0.2) is 55.1 Å². The molecule has 2 rings (SSSR count). The van der Waals surface area contributed by atoms with Crippen LogP contribution in [0.15, 0.2) is 34.9 Å². The zero-order chi connectivity index (χ0) is 18.4. The summed E-state index contributed by atoms with van der Waals surface area (Å²) in [7, 11) is 3.85. The van der Waals surface area contributed by atoms with Crippen LogP contribution in [0, 0.1) is 6.92 Å². The van der Waals surface area contributed by atoms with Crippen molar-refractivity contribution in [3.8, 4) is 11.3 Å². The quantitative estimate of drug-likeness (QED) is 0.794. The molecule has 0 radical (unpaired) electrons. The van der Waals surface area contributed by atoms with Crippen LogP contribution in [0.5, 0.6) is 0 Å². The van der Waals surface area contributed by atoms with Gasteiger partial charge < -0.3 is 20.1 Å². The molecule has 0 fully saturated rings. The standard InChI is InChI=1S/C18H24N4O3/c1-12-6-5-7-14(10-12)16-11-15(21-25-16)18(24)20-13(2)17(23)19-8-9-22(3)4/h5-7,10-11,13H,8-9H2,1-4H3,(H,19,23)(H,20,24)/t13-/m0/s1. The molecule has 7 heteroatoms. The molecule has 25 heavy (non-hydrogen) atoms. The molecule has 0 spiro atoms. The summed E-state index contributed by atoms with van der Waals surface area (Å²) in [4.78, 5) is 26.2. The van der Waals surface area contributed by atoms with E-state index in [9.17, 15) is 9.59 Å². The molecule has 1 aromatic carbocycles. The van der Waals surface area contributed by atoms with Crippen molar-refractivity contribution in [2.45, 2.75) is 19.9 Å². The molecule has 0 aliphatic carbocycles. The highest BCUT2D eigenvalue weighted by Crippen LogP contribution is 2.21. The van der Waals surface area contributed by atoms with E-state index in [-0.39, 0.29) is 11.6 Å². The summed E-state index contributed by atoms with van der Waals surface area (Å²) >= 11 is 0. The molecule has 1 aromatic heterocycles. The Morgan fingerprint density at radius 3 is 2.72 bits per heavy atom. The summed E-state index contributed by atoms with van der Waals surface area (Å²) in [5.41, 5.74) is 2.08. The van der Waals surface area contributed by atoms with Gasteiger partial charge >= 0.3 is 0 Å². The van der Waals surface area contributed by atoms with Crippen molar-refractivity contribution in [2.24, 2.45) is 0 Å². The first kappa shape index (κ1) is 18.7. The fraction of sp³-hybridized carbons (Fsp3) is 0.389. The van der Waals surface area contributed by atoms with Crippen molar-refractivity contribution >= 4 is 11.8 Å². The van der Waals surface area contributed by atoms with Gasteiger partial charge in [0.15, 0.2) is 11.5 Å². The molecule has 134 valence electrons. The van der Waals surface area contributed by atoms with E-state index in [2.05, 4.69) is 15.8 Å². The second kappa shape index (κ2) is 8.43. The fourth-order valence-corrected chi connectivity index (χ4v) is 2.21. The Morgan fingerprint density at radius 1 is 1.28 bits per heavy atom. The number of nitrogens with one attached hydrogen (secondary N) is 2. The molecule has 2 aromatic rings. The zero-order valence-electron chi connectivity index (χ0n) is 15.0. The van der Waals surface area contributed by atoms with Crippen LogP contribution in [0.1, 0.15) is 23.0 Å². The Bertz CT molecular complexity index is 739. The number of amides is 2. The number of hydrogen-bond acceptors (Lipinski definition) is 5. The maximum Gasteiger partial charge on any atom is 0.274 e. The number of hydrogen-bond donors (Lipinski definition) is 2. The number of aromatic nitrogens is 1. The minimum atomic E-state index is -0.659. The second-order valence-corrected chi connectivity index (χ2v) is 6.24. The molecule has 0 aliphatic rings. The van der Waals surface area contributed by atoms with Gasteiger partial charge in [0.2, 0.25) is 5.91 Å². The Morgan fingerprint density at radius 2 is 2.04 bits per heavy atom. The SMILES string of the molecule is Cc1cccc(-c2cc(C(=O)N[C@@H](C)C(=O)NCCN(C)C)no2)c1. The van der Waals surface area contributed by atoms with Gasteiger partial charge in [0, 0.05) is 24.7 Å². The molecule has 1 heterocycles. The molecule has 1 atom stereocenters. The van der Waals surface area contributed by atoms with Gasteiger partial charge in [0.25, 0.3) is 5.91 Å². The summed E-state index contributed by atoms with van der Waals surface area (Å²) < 4.78 is 5.24. The average molecular weight is 344 g/mol. The van der Waals surface area contributed by atoms with Gasteiger partial charge in [-0.25, -0.2) is 0 Å². The van der Waals surface area contributed by atoms with Gasteiger partial charge in [0.05, 0.1) is 0 Å². The van der Waals surface area contributed by atoms with Gasteiger partial charge in [-0.3, -0.25) is 9.59 Å². The number of likely N-dealkylation sites (N-methyl/N-ethyl adjacent to an activating group) is 1. The molecule has 0 aliphatic heterocycles. The Hall–Kier alpha value is -2.67. The number of nitrogens with zero attached hydrogens (tertiary/aromatic N) is 2. The first-order chi connectivity index (χ1) is 11.9. The van der Waals surface area contributed by atoms with Crippen molar-refractivity contribution in [1.29, 1.82) is 0 Å². The van der Waals surface area contributed by atoms with Gasteiger partial charge in [-0.05, 0) is 34.0 Å². The van der Waals surface area contributed by atoms with Gasteiger partial charge in [-0.2, -0.15) is 0 Å². The highest BCUT2D eigenvalue weighted by molar-refractivity contribution is 5.96. The van der Waals surface area contributed by atoms with Crippen molar-refractivity contribution in [2.75, 3.05) is 27.2 Å². The Balaban J connectivity index is 1.94. The van der Waals surface area contributed by atoms with E-state index in [0.29, 0.717) is 12.3 Å². The predicted molar refractivity (Wildman–Crippen MR) is 95.2 cm³/mol. The van der Waals surface area contributed by atoms with E-state index in [1.54, 1.807) is 13.0 Å². The van der Waals surface area contributed by atoms with Crippen molar-refractivity contribution in [3.63, 3.8) is 0 Å². The normalized spacial score (nSPS) is 12.0. The van der Waals surface area contributed by atoms with Gasteiger partial charge in [-0.1, -0.05) is 28.9 Å². The van der Waals surface area contributed by atoms with Crippen LogP contribution < -0.4 is 10.6 Å². The summed E-state index contributed by atoms with van der Waals surface area (Å²) in [6.45, 7) is 4.86. The third kappa shape index (κ3) is 5.42. The predicted octanol–water partition coefficient (Wildman–Crippen LogP) is 1.45. The molecule has 0 unspecified atom stereocenters. The summed E-state index contributed by atoms with van der Waals surface area (Å²) in [6, 6.07) is 8.63. The van der Waals surface area contributed by atoms with E-state index >= 15 is 0 Å². The minimum Gasteiger partial charge on any atom is -0.355 e. The lowest BCUT2D eigenvalue weighted by atomic mass is 10.1. The third-order valence-corrected chi connectivity index (χ3v) is 3.64. The lowest BCUT2D eigenvalue weighted by Crippen LogP contribution is -2.46. The Kier molecular flexibility index (Phi) is 6.30. The number of carbonyl (C=O) groups is 2. The van der Waals surface area contributed by atoms with Crippen LogP contribution in [0.2, 0.25) is 0 Å². The highest BCUT2D eigenvalue weighted by atomic mass is 16.5. The van der Waals surface area contributed by atoms with Crippen LogP contribution >= 0.6 is 0 Å². The zero-order valence-corrected chi connectivity index (χ0v) is 15.0. The van der Waals surface area contributed by atoms with E-state index in [1.165, 1.54) is 0 Å². The van der Waals surface area contributed by atoms with E-state index in [1.807, 2.05) is 50.2 Å². The van der Waals surface area contributed by atoms with Crippen LogP contribution in [0.25, 0.3) is 11.3 Å². The number of aryl methyl sites for hydroxylation is 1. The third-order valence-electron chi connectivity index (χ3n) is 3.64. The maximum atomic E-state index is 12.2. The molecule has 0 saturated heterocycles.